The summed E-state index contributed by atoms with van der Waals surface area (Å²) in [4.78, 5) is 26.2. The fourth-order valence-electron chi connectivity index (χ4n) is 2.82. The van der Waals surface area contributed by atoms with Gasteiger partial charge in [0.1, 0.15) is 11.6 Å². The number of carbonyl (C=O) groups is 2. The molecule has 0 unspecified atom stereocenters. The minimum absolute atomic E-state index is 0.00978. The van der Waals surface area contributed by atoms with Crippen molar-refractivity contribution in [3.63, 3.8) is 0 Å². The lowest BCUT2D eigenvalue weighted by Crippen LogP contribution is -2.50. The van der Waals surface area contributed by atoms with Gasteiger partial charge in [-0.3, -0.25) is 4.90 Å². The highest BCUT2D eigenvalue weighted by atomic mass is 19.1. The lowest BCUT2D eigenvalue weighted by Gasteiger charge is -2.37. The Labute approximate surface area is 139 Å². The standard InChI is InChI=1S/C17H20F2N2O3/c1-5-24-16(22)14-10(4)21(9(2)3)17(23)20-15(14)12-7-6-11(18)8-13(12)19/h6-9,15H,5H2,1-4H3,(H,20,23)/t15-/m1/s1. The van der Waals surface area contributed by atoms with E-state index in [-0.39, 0.29) is 23.8 Å². The molecule has 0 spiro atoms. The van der Waals surface area contributed by atoms with Gasteiger partial charge in [0, 0.05) is 23.4 Å². The number of allylic oxidation sites excluding steroid dienone is 1. The second-order valence-electron chi connectivity index (χ2n) is 5.73. The van der Waals surface area contributed by atoms with E-state index in [1.54, 1.807) is 27.7 Å². The zero-order valence-electron chi connectivity index (χ0n) is 14.0. The molecule has 2 rings (SSSR count). The number of amides is 2. The van der Waals surface area contributed by atoms with Crippen LogP contribution < -0.4 is 5.32 Å². The van der Waals surface area contributed by atoms with Crippen LogP contribution in [-0.4, -0.2) is 29.5 Å². The first-order valence-corrected chi connectivity index (χ1v) is 7.70. The van der Waals surface area contributed by atoms with Gasteiger partial charge in [0.05, 0.1) is 18.2 Å². The Bertz CT molecular complexity index is 701. The van der Waals surface area contributed by atoms with Crippen molar-refractivity contribution in [1.29, 1.82) is 0 Å². The molecule has 5 nitrogen and oxygen atoms in total. The van der Waals surface area contributed by atoms with Gasteiger partial charge in [-0.15, -0.1) is 0 Å². The predicted molar refractivity (Wildman–Crippen MR) is 83.9 cm³/mol. The summed E-state index contributed by atoms with van der Waals surface area (Å²) >= 11 is 0. The minimum atomic E-state index is -1.04. The van der Waals surface area contributed by atoms with Crippen molar-refractivity contribution in [2.24, 2.45) is 0 Å². The quantitative estimate of drug-likeness (QED) is 0.857. The maximum atomic E-state index is 14.2. The first-order chi connectivity index (χ1) is 11.3. The average molecular weight is 338 g/mol. The number of hydrogen-bond acceptors (Lipinski definition) is 3. The summed E-state index contributed by atoms with van der Waals surface area (Å²) < 4.78 is 32.4. The molecule has 0 fully saturated rings. The van der Waals surface area contributed by atoms with Gasteiger partial charge in [0.15, 0.2) is 0 Å². The highest BCUT2D eigenvalue weighted by molar-refractivity contribution is 5.95. The van der Waals surface area contributed by atoms with E-state index in [1.807, 2.05) is 0 Å². The molecule has 24 heavy (non-hydrogen) atoms. The Hall–Kier alpha value is -2.44. The maximum Gasteiger partial charge on any atom is 0.338 e. The Morgan fingerprint density at radius 3 is 2.58 bits per heavy atom. The number of halogens is 2. The summed E-state index contributed by atoms with van der Waals surface area (Å²) in [5.41, 5.74) is 0.534. The highest BCUT2D eigenvalue weighted by Gasteiger charge is 2.38. The van der Waals surface area contributed by atoms with Crippen molar-refractivity contribution in [2.45, 2.75) is 39.8 Å². The summed E-state index contributed by atoms with van der Waals surface area (Å²) in [5, 5.41) is 2.61. The Morgan fingerprint density at radius 1 is 1.38 bits per heavy atom. The molecule has 0 bridgehead atoms. The van der Waals surface area contributed by atoms with Gasteiger partial charge in [-0.05, 0) is 33.8 Å². The van der Waals surface area contributed by atoms with Crippen LogP contribution >= 0.6 is 0 Å². The molecule has 1 aromatic rings. The molecule has 1 heterocycles. The summed E-state index contributed by atoms with van der Waals surface area (Å²) in [6.45, 7) is 7.00. The van der Waals surface area contributed by atoms with E-state index in [1.165, 1.54) is 11.0 Å². The van der Waals surface area contributed by atoms with Crippen molar-refractivity contribution in [1.82, 2.24) is 10.2 Å². The molecule has 2 amide bonds. The molecule has 0 radical (unpaired) electrons. The Kier molecular flexibility index (Phi) is 5.21. The van der Waals surface area contributed by atoms with Gasteiger partial charge >= 0.3 is 12.0 Å². The van der Waals surface area contributed by atoms with E-state index in [4.69, 9.17) is 4.74 Å². The zero-order chi connectivity index (χ0) is 18.0. The van der Waals surface area contributed by atoms with Crippen molar-refractivity contribution >= 4 is 12.0 Å². The number of rotatable bonds is 4. The topological polar surface area (TPSA) is 58.6 Å². The smallest absolute Gasteiger partial charge is 0.338 e. The normalized spacial score (nSPS) is 18.0. The molecule has 130 valence electrons. The predicted octanol–water partition coefficient (Wildman–Crippen LogP) is 3.28. The van der Waals surface area contributed by atoms with Gasteiger partial charge in [-0.25, -0.2) is 18.4 Å². The van der Waals surface area contributed by atoms with Gasteiger partial charge in [0.2, 0.25) is 0 Å². The van der Waals surface area contributed by atoms with E-state index < -0.39 is 29.7 Å². The zero-order valence-corrected chi connectivity index (χ0v) is 14.0. The first-order valence-electron chi connectivity index (χ1n) is 7.70. The molecule has 0 saturated carbocycles. The number of ether oxygens (including phenoxy) is 1. The molecule has 1 aliphatic rings. The molecular weight excluding hydrogens is 318 g/mol. The summed E-state index contributed by atoms with van der Waals surface area (Å²) in [6.07, 6.45) is 0. The molecule has 1 aromatic carbocycles. The summed E-state index contributed by atoms with van der Waals surface area (Å²) in [6, 6.07) is 1.32. The monoisotopic (exact) mass is 338 g/mol. The molecular formula is C17H20F2N2O3. The molecule has 7 heteroatoms. The maximum absolute atomic E-state index is 14.2. The van der Waals surface area contributed by atoms with Crippen LogP contribution in [0, 0.1) is 11.6 Å². The van der Waals surface area contributed by atoms with Crippen molar-refractivity contribution in [3.05, 3.63) is 46.7 Å². The second kappa shape index (κ2) is 6.98. The molecule has 0 saturated heterocycles. The molecule has 1 aliphatic heterocycles. The first kappa shape index (κ1) is 17.9. The third-order valence-corrected chi connectivity index (χ3v) is 3.81. The third kappa shape index (κ3) is 3.25. The Balaban J connectivity index is 2.60. The lowest BCUT2D eigenvalue weighted by molar-refractivity contribution is -0.139. The number of hydrogen-bond donors (Lipinski definition) is 1. The van der Waals surface area contributed by atoms with Gasteiger partial charge < -0.3 is 10.1 Å². The largest absolute Gasteiger partial charge is 0.463 e. The van der Waals surface area contributed by atoms with Crippen molar-refractivity contribution < 1.29 is 23.1 Å². The second-order valence-corrected chi connectivity index (χ2v) is 5.73. The number of urea groups is 1. The molecule has 1 N–H and O–H groups in total. The molecule has 0 aromatic heterocycles. The van der Waals surface area contributed by atoms with E-state index >= 15 is 0 Å². The fraction of sp³-hybridized carbons (Fsp3) is 0.412. The lowest BCUT2D eigenvalue weighted by atomic mass is 9.94. The van der Waals surface area contributed by atoms with Gasteiger partial charge in [0.25, 0.3) is 0 Å². The molecule has 0 aliphatic carbocycles. The number of benzene rings is 1. The van der Waals surface area contributed by atoms with Gasteiger partial charge in [-0.2, -0.15) is 0 Å². The van der Waals surface area contributed by atoms with E-state index in [0.29, 0.717) is 11.8 Å². The summed E-state index contributed by atoms with van der Waals surface area (Å²) in [5.74, 6) is -2.22. The van der Waals surface area contributed by atoms with Crippen molar-refractivity contribution in [2.75, 3.05) is 6.61 Å². The van der Waals surface area contributed by atoms with Crippen LogP contribution in [0.3, 0.4) is 0 Å². The third-order valence-electron chi connectivity index (χ3n) is 3.81. The van der Waals surface area contributed by atoms with Crippen LogP contribution in [0.1, 0.15) is 39.3 Å². The highest BCUT2D eigenvalue weighted by Crippen LogP contribution is 2.33. The van der Waals surface area contributed by atoms with Crippen LogP contribution in [0.4, 0.5) is 13.6 Å². The number of carbonyl (C=O) groups excluding carboxylic acids is 2. The van der Waals surface area contributed by atoms with Crippen LogP contribution in [0.5, 0.6) is 0 Å². The number of nitrogens with one attached hydrogen (secondary N) is 1. The van der Waals surface area contributed by atoms with E-state index in [2.05, 4.69) is 5.32 Å². The van der Waals surface area contributed by atoms with Crippen molar-refractivity contribution in [3.8, 4) is 0 Å². The van der Waals surface area contributed by atoms with Gasteiger partial charge in [-0.1, -0.05) is 6.07 Å². The summed E-state index contributed by atoms with van der Waals surface area (Å²) in [7, 11) is 0. The Morgan fingerprint density at radius 2 is 2.04 bits per heavy atom. The van der Waals surface area contributed by atoms with Crippen LogP contribution in [0.2, 0.25) is 0 Å². The van der Waals surface area contributed by atoms with E-state index in [9.17, 15) is 18.4 Å². The van der Waals surface area contributed by atoms with Crippen LogP contribution in [0.15, 0.2) is 29.5 Å². The number of esters is 1. The van der Waals surface area contributed by atoms with Crippen LogP contribution in [0.25, 0.3) is 0 Å². The average Bonchev–Trinajstić information content (AvgIpc) is 2.46. The van der Waals surface area contributed by atoms with Crippen LogP contribution in [-0.2, 0) is 9.53 Å². The fourth-order valence-corrected chi connectivity index (χ4v) is 2.82. The molecule has 1 atom stereocenters. The minimum Gasteiger partial charge on any atom is -0.463 e. The number of nitrogens with zero attached hydrogens (tertiary/aromatic N) is 1. The van der Waals surface area contributed by atoms with E-state index in [0.717, 1.165) is 6.07 Å². The SMILES string of the molecule is CCOC(=O)C1=C(C)N(C(C)C)C(=O)N[C@@H]1c1ccc(F)cc1F.